The maximum Gasteiger partial charge on any atom is 0.191 e. The van der Waals surface area contributed by atoms with Gasteiger partial charge in [-0.15, -0.1) is 24.0 Å². The van der Waals surface area contributed by atoms with E-state index in [1.807, 2.05) is 11.8 Å². The summed E-state index contributed by atoms with van der Waals surface area (Å²) in [6.45, 7) is 5.38. The molecule has 0 aromatic heterocycles. The van der Waals surface area contributed by atoms with Gasteiger partial charge in [0.05, 0.1) is 0 Å². The molecule has 1 aliphatic carbocycles. The highest BCUT2D eigenvalue weighted by Crippen LogP contribution is 2.41. The molecule has 1 saturated heterocycles. The van der Waals surface area contributed by atoms with Crippen molar-refractivity contribution in [3.8, 4) is 0 Å². The summed E-state index contributed by atoms with van der Waals surface area (Å²) < 4.78 is 0. The van der Waals surface area contributed by atoms with Crippen LogP contribution < -0.4 is 5.73 Å². The van der Waals surface area contributed by atoms with Crippen molar-refractivity contribution in [1.29, 1.82) is 0 Å². The van der Waals surface area contributed by atoms with Gasteiger partial charge in [-0.3, -0.25) is 4.99 Å². The third-order valence-corrected chi connectivity index (χ3v) is 5.27. The summed E-state index contributed by atoms with van der Waals surface area (Å²) in [5.74, 6) is 3.16. The summed E-state index contributed by atoms with van der Waals surface area (Å²) >= 11 is 2.01. The molecular weight excluding hydrogens is 357 g/mol. The number of nitrogens with two attached hydrogens (primary N) is 1. The van der Waals surface area contributed by atoms with Crippen LogP contribution >= 0.6 is 35.7 Å². The van der Waals surface area contributed by atoms with Crippen molar-refractivity contribution in [3.63, 3.8) is 0 Å². The quantitative estimate of drug-likeness (QED) is 0.463. The first-order valence-electron chi connectivity index (χ1n) is 6.88. The number of hydrogen-bond acceptors (Lipinski definition) is 2. The van der Waals surface area contributed by atoms with Gasteiger partial charge < -0.3 is 10.6 Å². The smallest absolute Gasteiger partial charge is 0.191 e. The average molecular weight is 383 g/mol. The molecule has 2 N–H and O–H groups in total. The second-order valence-corrected chi connectivity index (χ2v) is 6.56. The number of thioether (sulfide) groups is 1. The van der Waals surface area contributed by atoms with Crippen molar-refractivity contribution in [2.24, 2.45) is 16.1 Å². The van der Waals surface area contributed by atoms with E-state index >= 15 is 0 Å². The largest absolute Gasteiger partial charge is 0.370 e. The van der Waals surface area contributed by atoms with E-state index in [1.54, 1.807) is 0 Å². The molecule has 2 aliphatic rings. The van der Waals surface area contributed by atoms with E-state index in [1.165, 1.54) is 43.6 Å². The third kappa shape index (κ3) is 4.18. The van der Waals surface area contributed by atoms with Gasteiger partial charge in [0, 0.05) is 31.1 Å². The van der Waals surface area contributed by atoms with Gasteiger partial charge >= 0.3 is 0 Å². The van der Waals surface area contributed by atoms with Gasteiger partial charge in [0.2, 0.25) is 0 Å². The molecule has 0 bridgehead atoms. The second kappa shape index (κ2) is 7.82. The summed E-state index contributed by atoms with van der Waals surface area (Å²) in [5, 5.41) is 0. The summed E-state index contributed by atoms with van der Waals surface area (Å²) in [6.07, 6.45) is 6.69. The van der Waals surface area contributed by atoms with Crippen molar-refractivity contribution >= 4 is 41.7 Å². The van der Waals surface area contributed by atoms with Gasteiger partial charge in [-0.1, -0.05) is 19.8 Å². The second-order valence-electron chi connectivity index (χ2n) is 5.33. The molecule has 106 valence electrons. The van der Waals surface area contributed by atoms with Crippen molar-refractivity contribution in [2.45, 2.75) is 39.0 Å². The van der Waals surface area contributed by atoms with E-state index in [-0.39, 0.29) is 24.0 Å². The summed E-state index contributed by atoms with van der Waals surface area (Å²) in [7, 11) is 0. The van der Waals surface area contributed by atoms with Crippen LogP contribution in [-0.4, -0.2) is 42.0 Å². The summed E-state index contributed by atoms with van der Waals surface area (Å²) in [4.78, 5) is 6.93. The maximum absolute atomic E-state index is 6.11. The van der Waals surface area contributed by atoms with E-state index in [0.29, 0.717) is 5.41 Å². The molecule has 2 rings (SSSR count). The van der Waals surface area contributed by atoms with Crippen LogP contribution in [0.3, 0.4) is 0 Å². The fourth-order valence-corrected chi connectivity index (χ4v) is 3.79. The van der Waals surface area contributed by atoms with Crippen LogP contribution in [0.15, 0.2) is 4.99 Å². The Balaban J connectivity index is 0.00000162. The minimum atomic E-state index is 0. The molecular formula is C13H26IN3S. The Morgan fingerprint density at radius 1 is 1.28 bits per heavy atom. The SMILES string of the molecule is CCC1(CN=C(N)N2CCSCC2)CCCC1.I. The number of rotatable bonds is 3. The lowest BCUT2D eigenvalue weighted by molar-refractivity contribution is 0.295. The zero-order valence-corrected chi connectivity index (χ0v) is 14.5. The Morgan fingerprint density at radius 2 is 1.89 bits per heavy atom. The maximum atomic E-state index is 6.11. The van der Waals surface area contributed by atoms with Gasteiger partial charge in [-0.05, 0) is 24.7 Å². The molecule has 0 spiro atoms. The van der Waals surface area contributed by atoms with Gasteiger partial charge in [0.15, 0.2) is 5.96 Å². The van der Waals surface area contributed by atoms with Crippen LogP contribution in [0.5, 0.6) is 0 Å². The minimum Gasteiger partial charge on any atom is -0.370 e. The molecule has 1 saturated carbocycles. The molecule has 18 heavy (non-hydrogen) atoms. The minimum absolute atomic E-state index is 0. The van der Waals surface area contributed by atoms with Crippen molar-refractivity contribution in [1.82, 2.24) is 4.90 Å². The molecule has 0 aromatic rings. The van der Waals surface area contributed by atoms with E-state index in [0.717, 1.165) is 25.6 Å². The normalized spacial score (nSPS) is 23.8. The summed E-state index contributed by atoms with van der Waals surface area (Å²) in [5.41, 5.74) is 6.57. The van der Waals surface area contributed by atoms with Crippen LogP contribution in [0.2, 0.25) is 0 Å². The molecule has 1 aliphatic heterocycles. The monoisotopic (exact) mass is 383 g/mol. The Hall–Kier alpha value is 0.350. The fraction of sp³-hybridized carbons (Fsp3) is 0.923. The molecule has 2 fully saturated rings. The van der Waals surface area contributed by atoms with Gasteiger partial charge in [0.1, 0.15) is 0 Å². The van der Waals surface area contributed by atoms with Crippen molar-refractivity contribution in [2.75, 3.05) is 31.1 Å². The van der Waals surface area contributed by atoms with Crippen LogP contribution in [0.25, 0.3) is 0 Å². The van der Waals surface area contributed by atoms with E-state index < -0.39 is 0 Å². The predicted molar refractivity (Wildman–Crippen MR) is 92.0 cm³/mol. The van der Waals surface area contributed by atoms with Crippen molar-refractivity contribution < 1.29 is 0 Å². The first-order valence-corrected chi connectivity index (χ1v) is 8.04. The Kier molecular flexibility index (Phi) is 7.13. The Labute approximate surface area is 132 Å². The molecule has 0 radical (unpaired) electrons. The van der Waals surface area contributed by atoms with Crippen LogP contribution in [0.4, 0.5) is 0 Å². The highest BCUT2D eigenvalue weighted by Gasteiger charge is 2.31. The molecule has 1 heterocycles. The number of hydrogen-bond donors (Lipinski definition) is 1. The Bertz CT molecular complexity index is 271. The van der Waals surface area contributed by atoms with Gasteiger partial charge in [-0.2, -0.15) is 11.8 Å². The van der Waals surface area contributed by atoms with Crippen LogP contribution in [-0.2, 0) is 0 Å². The molecule has 0 atom stereocenters. The number of nitrogens with zero attached hydrogens (tertiary/aromatic N) is 2. The number of aliphatic imine (C=N–C) groups is 1. The lowest BCUT2D eigenvalue weighted by atomic mass is 9.84. The van der Waals surface area contributed by atoms with Crippen LogP contribution in [0.1, 0.15) is 39.0 Å². The van der Waals surface area contributed by atoms with Gasteiger partial charge in [-0.25, -0.2) is 0 Å². The third-order valence-electron chi connectivity index (χ3n) is 4.33. The fourth-order valence-electron chi connectivity index (χ4n) is 2.89. The average Bonchev–Trinajstić information content (AvgIpc) is 2.86. The summed E-state index contributed by atoms with van der Waals surface area (Å²) in [6, 6.07) is 0. The lowest BCUT2D eigenvalue weighted by Crippen LogP contribution is -2.43. The van der Waals surface area contributed by atoms with Crippen LogP contribution in [0, 0.1) is 5.41 Å². The highest BCUT2D eigenvalue weighted by atomic mass is 127. The molecule has 0 amide bonds. The zero-order valence-electron chi connectivity index (χ0n) is 11.4. The first-order chi connectivity index (χ1) is 8.26. The first kappa shape index (κ1) is 16.4. The number of halogens is 1. The van der Waals surface area contributed by atoms with Crippen molar-refractivity contribution in [3.05, 3.63) is 0 Å². The number of guanidine groups is 1. The lowest BCUT2D eigenvalue weighted by Gasteiger charge is -2.29. The topological polar surface area (TPSA) is 41.6 Å². The molecule has 0 unspecified atom stereocenters. The van der Waals surface area contributed by atoms with Gasteiger partial charge in [0.25, 0.3) is 0 Å². The molecule has 5 heteroatoms. The van der Waals surface area contributed by atoms with E-state index in [2.05, 4.69) is 16.8 Å². The zero-order chi connectivity index (χ0) is 12.1. The molecule has 3 nitrogen and oxygen atoms in total. The highest BCUT2D eigenvalue weighted by molar-refractivity contribution is 14.0. The predicted octanol–water partition coefficient (Wildman–Crippen LogP) is 2.94. The molecule has 0 aromatic carbocycles. The van der Waals surface area contributed by atoms with E-state index in [4.69, 9.17) is 5.73 Å². The van der Waals surface area contributed by atoms with E-state index in [9.17, 15) is 0 Å². The standard InChI is InChI=1S/C13H25N3S.HI/c1-2-13(5-3-4-6-13)11-15-12(14)16-7-9-17-10-8-16;/h2-11H2,1H3,(H2,14,15);1H. The Morgan fingerprint density at radius 3 is 2.44 bits per heavy atom.